The first kappa shape index (κ1) is 12.9. The number of aromatic nitrogens is 2. The summed E-state index contributed by atoms with van der Waals surface area (Å²) < 4.78 is 1.91. The van der Waals surface area contributed by atoms with Crippen molar-refractivity contribution in [3.63, 3.8) is 0 Å². The Balaban J connectivity index is 2.90. The van der Waals surface area contributed by atoms with Crippen molar-refractivity contribution in [2.45, 2.75) is 33.7 Å². The van der Waals surface area contributed by atoms with Gasteiger partial charge in [-0.2, -0.15) is 0 Å². The van der Waals surface area contributed by atoms with E-state index in [0.29, 0.717) is 12.4 Å². The van der Waals surface area contributed by atoms with Crippen LogP contribution < -0.4 is 5.73 Å². The summed E-state index contributed by atoms with van der Waals surface area (Å²) in [6.45, 7) is 7.33. The Labute approximate surface area is 96.9 Å². The quantitative estimate of drug-likeness (QED) is 0.747. The molecule has 0 aliphatic rings. The van der Waals surface area contributed by atoms with Crippen LogP contribution in [0, 0.1) is 11.8 Å². The summed E-state index contributed by atoms with van der Waals surface area (Å²) in [6.07, 6.45) is 4.52. The van der Waals surface area contributed by atoms with E-state index in [2.05, 4.69) is 11.9 Å². The van der Waals surface area contributed by atoms with Crippen LogP contribution in [-0.4, -0.2) is 21.9 Å². The maximum absolute atomic E-state index is 12.2. The second-order valence-electron chi connectivity index (χ2n) is 4.39. The van der Waals surface area contributed by atoms with E-state index in [1.165, 1.54) is 0 Å². The summed E-state index contributed by atoms with van der Waals surface area (Å²) in [4.78, 5) is 16.4. The summed E-state index contributed by atoms with van der Waals surface area (Å²) in [7, 11) is 0. The summed E-state index contributed by atoms with van der Waals surface area (Å²) in [5.74, 6) is 0.740. The van der Waals surface area contributed by atoms with Crippen LogP contribution in [0.25, 0.3) is 0 Å². The molecule has 90 valence electrons. The van der Waals surface area contributed by atoms with E-state index in [-0.39, 0.29) is 17.6 Å². The van der Waals surface area contributed by atoms with Crippen molar-refractivity contribution in [3.8, 4) is 0 Å². The molecule has 4 nitrogen and oxygen atoms in total. The Bertz CT molecular complexity index is 344. The maximum Gasteiger partial charge on any atom is 0.202 e. The van der Waals surface area contributed by atoms with E-state index in [9.17, 15) is 4.79 Å². The molecule has 0 aromatic carbocycles. The molecule has 1 rings (SSSR count). The number of carbonyl (C=O) groups is 1. The fourth-order valence-corrected chi connectivity index (χ4v) is 1.80. The molecule has 1 aromatic heterocycles. The Hall–Kier alpha value is -1.16. The van der Waals surface area contributed by atoms with Gasteiger partial charge in [0.25, 0.3) is 0 Å². The summed E-state index contributed by atoms with van der Waals surface area (Å²) >= 11 is 0. The minimum absolute atomic E-state index is 0.0657. The zero-order valence-corrected chi connectivity index (χ0v) is 10.3. The molecule has 0 bridgehead atoms. The Morgan fingerprint density at radius 2 is 2.25 bits per heavy atom. The van der Waals surface area contributed by atoms with E-state index >= 15 is 0 Å². The molecule has 1 unspecified atom stereocenters. The summed E-state index contributed by atoms with van der Waals surface area (Å²) in [6, 6.07) is 0. The van der Waals surface area contributed by atoms with Gasteiger partial charge in [0.05, 0.1) is 0 Å². The van der Waals surface area contributed by atoms with Gasteiger partial charge in [0.2, 0.25) is 5.78 Å². The Morgan fingerprint density at radius 1 is 1.56 bits per heavy atom. The molecule has 0 saturated heterocycles. The smallest absolute Gasteiger partial charge is 0.202 e. The normalized spacial score (nSPS) is 13.1. The predicted octanol–water partition coefficient (Wildman–Crippen LogP) is 1.71. The van der Waals surface area contributed by atoms with Crippen LogP contribution in [0.4, 0.5) is 0 Å². The van der Waals surface area contributed by atoms with Gasteiger partial charge >= 0.3 is 0 Å². The van der Waals surface area contributed by atoms with E-state index < -0.39 is 0 Å². The molecule has 0 aliphatic heterocycles. The predicted molar refractivity (Wildman–Crippen MR) is 64.2 cm³/mol. The van der Waals surface area contributed by atoms with Gasteiger partial charge in [-0.3, -0.25) is 4.79 Å². The van der Waals surface area contributed by atoms with Gasteiger partial charge in [0, 0.05) is 31.4 Å². The molecule has 0 saturated carbocycles. The van der Waals surface area contributed by atoms with Gasteiger partial charge in [-0.1, -0.05) is 20.8 Å². The zero-order valence-electron chi connectivity index (χ0n) is 10.3. The lowest BCUT2D eigenvalue weighted by molar-refractivity contribution is 0.0876. The second kappa shape index (κ2) is 5.80. The third-order valence-electron chi connectivity index (χ3n) is 2.80. The van der Waals surface area contributed by atoms with E-state index in [4.69, 9.17) is 5.73 Å². The molecule has 2 N–H and O–H groups in total. The van der Waals surface area contributed by atoms with Gasteiger partial charge in [-0.25, -0.2) is 4.98 Å². The molecule has 16 heavy (non-hydrogen) atoms. The molecule has 0 spiro atoms. The minimum atomic E-state index is -0.127. The van der Waals surface area contributed by atoms with E-state index in [1.807, 2.05) is 24.6 Å². The van der Waals surface area contributed by atoms with Crippen molar-refractivity contribution in [1.82, 2.24) is 9.55 Å². The van der Waals surface area contributed by atoms with Crippen LogP contribution in [0.1, 0.15) is 37.8 Å². The molecule has 0 amide bonds. The topological polar surface area (TPSA) is 60.9 Å². The summed E-state index contributed by atoms with van der Waals surface area (Å²) in [5.41, 5.74) is 5.65. The van der Waals surface area contributed by atoms with Crippen LogP contribution in [-0.2, 0) is 6.54 Å². The van der Waals surface area contributed by atoms with Crippen molar-refractivity contribution < 1.29 is 4.79 Å². The molecule has 4 heteroatoms. The van der Waals surface area contributed by atoms with Crippen molar-refractivity contribution >= 4 is 5.78 Å². The van der Waals surface area contributed by atoms with Crippen LogP contribution >= 0.6 is 0 Å². The highest BCUT2D eigenvalue weighted by atomic mass is 16.1. The van der Waals surface area contributed by atoms with Crippen LogP contribution in [0.15, 0.2) is 12.4 Å². The highest BCUT2D eigenvalue weighted by molar-refractivity contribution is 5.95. The van der Waals surface area contributed by atoms with E-state index in [0.717, 1.165) is 13.0 Å². The van der Waals surface area contributed by atoms with Crippen LogP contribution in [0.3, 0.4) is 0 Å². The average molecular weight is 223 g/mol. The number of rotatable bonds is 6. The fourth-order valence-electron chi connectivity index (χ4n) is 1.80. The van der Waals surface area contributed by atoms with Crippen LogP contribution in [0.5, 0.6) is 0 Å². The number of carbonyl (C=O) groups excluding carboxylic acids is 1. The first-order chi connectivity index (χ1) is 7.61. The van der Waals surface area contributed by atoms with Gasteiger partial charge in [-0.05, 0) is 12.3 Å². The first-order valence-electron chi connectivity index (χ1n) is 5.87. The fraction of sp³-hybridized carbons (Fsp3) is 0.667. The van der Waals surface area contributed by atoms with E-state index in [1.54, 1.807) is 6.20 Å². The number of Topliss-reactive ketones (excluding diaryl/α,β-unsaturated/α-hetero) is 1. The molecular weight excluding hydrogens is 202 g/mol. The molecular formula is C12H21N3O. The lowest BCUT2D eigenvalue weighted by Crippen LogP contribution is -2.30. The average Bonchev–Trinajstić information content (AvgIpc) is 2.66. The summed E-state index contributed by atoms with van der Waals surface area (Å²) in [5, 5.41) is 0. The van der Waals surface area contributed by atoms with Gasteiger partial charge in [0.15, 0.2) is 5.82 Å². The molecule has 0 radical (unpaired) electrons. The largest absolute Gasteiger partial charge is 0.330 e. The molecule has 1 aromatic rings. The Kier molecular flexibility index (Phi) is 4.68. The van der Waals surface area contributed by atoms with Gasteiger partial charge in [-0.15, -0.1) is 0 Å². The number of nitrogens with two attached hydrogens (primary N) is 1. The van der Waals surface area contributed by atoms with Crippen LogP contribution in [0.2, 0.25) is 0 Å². The van der Waals surface area contributed by atoms with Crippen molar-refractivity contribution in [2.75, 3.05) is 6.54 Å². The SMILES string of the molecule is CCCn1ccnc1C(=O)C(CN)C(C)C. The first-order valence-corrected chi connectivity index (χ1v) is 5.87. The minimum Gasteiger partial charge on any atom is -0.330 e. The second-order valence-corrected chi connectivity index (χ2v) is 4.39. The van der Waals surface area contributed by atoms with Gasteiger partial charge < -0.3 is 10.3 Å². The third-order valence-corrected chi connectivity index (χ3v) is 2.80. The number of nitrogens with zero attached hydrogens (tertiary/aromatic N) is 2. The molecule has 0 fully saturated rings. The zero-order chi connectivity index (χ0) is 12.1. The monoisotopic (exact) mass is 223 g/mol. The lowest BCUT2D eigenvalue weighted by atomic mass is 9.91. The number of hydrogen-bond donors (Lipinski definition) is 1. The standard InChI is InChI=1S/C12H21N3O/c1-4-6-15-7-5-14-12(15)11(16)10(8-13)9(2)3/h5,7,9-10H,4,6,8,13H2,1-3H3. The van der Waals surface area contributed by atoms with Crippen molar-refractivity contribution in [2.24, 2.45) is 17.6 Å². The maximum atomic E-state index is 12.2. The highest BCUT2D eigenvalue weighted by Gasteiger charge is 2.25. The van der Waals surface area contributed by atoms with Crippen molar-refractivity contribution in [3.05, 3.63) is 18.2 Å². The molecule has 1 heterocycles. The number of aryl methyl sites for hydroxylation is 1. The number of ketones is 1. The number of imidazole rings is 1. The molecule has 0 aliphatic carbocycles. The Morgan fingerprint density at radius 3 is 2.75 bits per heavy atom. The molecule has 1 atom stereocenters. The van der Waals surface area contributed by atoms with Gasteiger partial charge in [0.1, 0.15) is 0 Å². The lowest BCUT2D eigenvalue weighted by Gasteiger charge is -2.17. The number of hydrogen-bond acceptors (Lipinski definition) is 3. The third kappa shape index (κ3) is 2.70. The van der Waals surface area contributed by atoms with Crippen molar-refractivity contribution in [1.29, 1.82) is 0 Å². The highest BCUT2D eigenvalue weighted by Crippen LogP contribution is 2.15.